The third-order valence-electron chi connectivity index (χ3n) is 8.31. The van der Waals surface area contributed by atoms with Crippen molar-refractivity contribution in [2.24, 2.45) is 11.8 Å². The van der Waals surface area contributed by atoms with Gasteiger partial charge in [-0.25, -0.2) is 9.18 Å². The van der Waals surface area contributed by atoms with E-state index < -0.39 is 11.6 Å². The van der Waals surface area contributed by atoms with Crippen LogP contribution < -0.4 is 4.74 Å². The Morgan fingerprint density at radius 1 is 1.12 bits per heavy atom. The third kappa shape index (κ3) is 4.75. The van der Waals surface area contributed by atoms with Gasteiger partial charge in [0, 0.05) is 36.0 Å². The zero-order chi connectivity index (χ0) is 23.6. The first kappa shape index (κ1) is 23.8. The Labute approximate surface area is 205 Å². The maximum atomic E-state index is 13.5. The molecule has 4 fully saturated rings. The number of aliphatic hydroxyl groups is 1. The van der Waals surface area contributed by atoms with E-state index in [9.17, 15) is 14.3 Å². The van der Waals surface area contributed by atoms with Crippen LogP contribution in [-0.2, 0) is 15.1 Å². The Morgan fingerprint density at radius 2 is 1.85 bits per heavy atom. The highest BCUT2D eigenvalue weighted by Crippen LogP contribution is 2.44. The number of carbonyl (C=O) groups is 1. The number of nitrogens with zero attached hydrogens (tertiary/aromatic N) is 1. The molecule has 2 atom stereocenters. The number of hydrogen-bond donors (Lipinski definition) is 1. The smallest absolute Gasteiger partial charge is 0.344 e. The largest absolute Gasteiger partial charge is 0.493 e. The fourth-order valence-electron chi connectivity index (χ4n) is 6.32. The zero-order valence-corrected chi connectivity index (χ0v) is 20.5. The molecule has 3 saturated heterocycles. The normalized spacial score (nSPS) is 28.5. The highest BCUT2D eigenvalue weighted by Gasteiger charge is 2.53. The van der Waals surface area contributed by atoms with Crippen LogP contribution in [0, 0.1) is 17.7 Å². The number of rotatable bonds is 9. The standard InChI is InChI=1S/C27H35FNO4S/c28-22-8-10-23(11-9-22)32-17-4-14-29-15-12-20(13-16-29)24(19-29)33-26(30)27(31,21-5-1-2-6-21)25-7-3-18-34-25/h3,7-11,18,20-21,24,31H,1-2,4-6,12-17,19H2/q+1/t20?,24-,27-,29?/m0/s1. The summed E-state index contributed by atoms with van der Waals surface area (Å²) >= 11 is 1.44. The van der Waals surface area contributed by atoms with Crippen LogP contribution >= 0.6 is 11.3 Å². The van der Waals surface area contributed by atoms with Gasteiger partial charge in [0.25, 0.3) is 0 Å². The van der Waals surface area contributed by atoms with Gasteiger partial charge in [-0.05, 0) is 48.6 Å². The van der Waals surface area contributed by atoms with Gasteiger partial charge in [-0.1, -0.05) is 18.9 Å². The first-order valence-electron chi connectivity index (χ1n) is 12.7. The second-order valence-corrected chi connectivity index (χ2v) is 11.3. The minimum Gasteiger partial charge on any atom is -0.493 e. The van der Waals surface area contributed by atoms with Gasteiger partial charge in [-0.3, -0.25) is 0 Å². The van der Waals surface area contributed by atoms with Gasteiger partial charge in [0.1, 0.15) is 18.1 Å². The number of ether oxygens (including phenoxy) is 2. The first-order valence-corrected chi connectivity index (χ1v) is 13.6. The van der Waals surface area contributed by atoms with Crippen molar-refractivity contribution in [1.29, 1.82) is 0 Å². The van der Waals surface area contributed by atoms with E-state index in [1.807, 2.05) is 17.5 Å². The second kappa shape index (κ2) is 9.96. The predicted octanol–water partition coefficient (Wildman–Crippen LogP) is 4.89. The molecule has 0 unspecified atom stereocenters. The lowest BCUT2D eigenvalue weighted by atomic mass is 9.82. The molecule has 4 heterocycles. The average Bonchev–Trinajstić information content (AvgIpc) is 3.58. The summed E-state index contributed by atoms with van der Waals surface area (Å²) in [6, 6.07) is 9.90. The zero-order valence-electron chi connectivity index (χ0n) is 19.7. The van der Waals surface area contributed by atoms with Crippen LogP contribution in [0.1, 0.15) is 49.8 Å². The van der Waals surface area contributed by atoms with Crippen LogP contribution in [-0.4, -0.2) is 54.4 Å². The average molecular weight is 489 g/mol. The van der Waals surface area contributed by atoms with E-state index in [4.69, 9.17) is 9.47 Å². The summed E-state index contributed by atoms with van der Waals surface area (Å²) in [6.45, 7) is 4.58. The van der Waals surface area contributed by atoms with E-state index in [0.29, 0.717) is 23.2 Å². The van der Waals surface area contributed by atoms with Crippen molar-refractivity contribution >= 4 is 17.3 Å². The first-order chi connectivity index (χ1) is 16.5. The Morgan fingerprint density at radius 3 is 2.53 bits per heavy atom. The quantitative estimate of drug-likeness (QED) is 0.310. The number of carbonyl (C=O) groups excluding carboxylic acids is 1. The van der Waals surface area contributed by atoms with Crippen LogP contribution in [0.5, 0.6) is 5.75 Å². The van der Waals surface area contributed by atoms with Crippen LogP contribution in [0.15, 0.2) is 41.8 Å². The summed E-state index contributed by atoms with van der Waals surface area (Å²) < 4.78 is 26.0. The van der Waals surface area contributed by atoms with Gasteiger partial charge in [0.05, 0.1) is 26.2 Å². The number of hydrogen-bond acceptors (Lipinski definition) is 5. The van der Waals surface area contributed by atoms with Crippen molar-refractivity contribution in [3.8, 4) is 5.75 Å². The molecule has 1 saturated carbocycles. The van der Waals surface area contributed by atoms with Gasteiger partial charge >= 0.3 is 5.97 Å². The van der Waals surface area contributed by atoms with Crippen molar-refractivity contribution in [2.75, 3.05) is 32.8 Å². The predicted molar refractivity (Wildman–Crippen MR) is 129 cm³/mol. The number of benzene rings is 1. The van der Waals surface area contributed by atoms with E-state index >= 15 is 0 Å². The van der Waals surface area contributed by atoms with Gasteiger partial charge in [0.15, 0.2) is 11.7 Å². The summed E-state index contributed by atoms with van der Waals surface area (Å²) in [5.74, 6) is 0.298. The molecule has 0 spiro atoms. The molecule has 2 aromatic rings. The molecule has 5 nitrogen and oxygen atoms in total. The molecule has 1 aromatic carbocycles. The van der Waals surface area contributed by atoms with Gasteiger partial charge in [-0.15, -0.1) is 11.3 Å². The molecule has 1 N–H and O–H groups in total. The number of esters is 1. The summed E-state index contributed by atoms with van der Waals surface area (Å²) in [7, 11) is 0. The second-order valence-electron chi connectivity index (χ2n) is 10.4. The molecule has 184 valence electrons. The summed E-state index contributed by atoms with van der Waals surface area (Å²) in [5, 5.41) is 13.6. The van der Waals surface area contributed by atoms with Crippen LogP contribution in [0.3, 0.4) is 0 Å². The highest BCUT2D eigenvalue weighted by atomic mass is 32.1. The molecular formula is C27H35FNO4S+. The maximum absolute atomic E-state index is 13.5. The highest BCUT2D eigenvalue weighted by molar-refractivity contribution is 7.10. The summed E-state index contributed by atoms with van der Waals surface area (Å²) in [4.78, 5) is 14.2. The van der Waals surface area contributed by atoms with Crippen molar-refractivity contribution in [2.45, 2.75) is 56.7 Å². The number of piperidine rings is 3. The van der Waals surface area contributed by atoms with Crippen molar-refractivity contribution in [1.82, 2.24) is 0 Å². The third-order valence-corrected chi connectivity index (χ3v) is 9.31. The van der Waals surface area contributed by atoms with Crippen molar-refractivity contribution in [3.63, 3.8) is 0 Å². The molecule has 4 aliphatic rings. The molecular weight excluding hydrogens is 453 g/mol. The Bertz CT molecular complexity index is 952. The minimum atomic E-state index is -1.52. The van der Waals surface area contributed by atoms with Gasteiger partial charge in [0.2, 0.25) is 0 Å². The van der Waals surface area contributed by atoms with Crippen LogP contribution in [0.2, 0.25) is 0 Å². The number of fused-ring (bicyclic) bond motifs is 3. The van der Waals surface area contributed by atoms with Crippen LogP contribution in [0.4, 0.5) is 4.39 Å². The summed E-state index contributed by atoms with van der Waals surface area (Å²) in [5.41, 5.74) is -1.52. The molecule has 1 aliphatic carbocycles. The number of thiophene rings is 1. The molecule has 34 heavy (non-hydrogen) atoms. The van der Waals surface area contributed by atoms with Crippen LogP contribution in [0.25, 0.3) is 0 Å². The number of quaternary nitrogens is 1. The molecule has 1 aromatic heterocycles. The van der Waals surface area contributed by atoms with E-state index in [2.05, 4.69) is 0 Å². The topological polar surface area (TPSA) is 55.8 Å². The molecule has 0 amide bonds. The lowest BCUT2D eigenvalue weighted by Gasteiger charge is -2.52. The molecule has 3 aliphatic heterocycles. The lowest BCUT2D eigenvalue weighted by molar-refractivity contribution is -0.946. The molecule has 0 radical (unpaired) electrons. The van der Waals surface area contributed by atoms with E-state index in [0.717, 1.165) is 75.6 Å². The fourth-order valence-corrected chi connectivity index (χ4v) is 7.22. The Kier molecular flexibility index (Phi) is 6.96. The van der Waals surface area contributed by atoms with Crippen molar-refractivity contribution < 1.29 is 28.2 Å². The maximum Gasteiger partial charge on any atom is 0.344 e. The lowest BCUT2D eigenvalue weighted by Crippen LogP contribution is -2.65. The van der Waals surface area contributed by atoms with Gasteiger partial charge in [-0.2, -0.15) is 0 Å². The monoisotopic (exact) mass is 488 g/mol. The Hall–Kier alpha value is -1.96. The van der Waals surface area contributed by atoms with E-state index in [1.165, 1.54) is 23.5 Å². The van der Waals surface area contributed by atoms with Gasteiger partial charge < -0.3 is 19.1 Å². The molecule has 2 bridgehead atoms. The SMILES string of the molecule is O=C(O[C@H]1C[N+]2(CCCOc3ccc(F)cc3)CCC1CC2)[C@@](O)(c1cccs1)C1CCCC1. The minimum absolute atomic E-state index is 0.0634. The molecule has 6 rings (SSSR count). The van der Waals surface area contributed by atoms with Crippen molar-refractivity contribution in [3.05, 3.63) is 52.5 Å². The molecule has 7 heteroatoms. The number of halogens is 1. The summed E-state index contributed by atoms with van der Waals surface area (Å²) in [6.07, 6.45) is 6.70. The Balaban J connectivity index is 1.20. The van der Waals surface area contributed by atoms with E-state index in [-0.39, 0.29) is 17.8 Å². The fraction of sp³-hybridized carbons (Fsp3) is 0.593. The van der Waals surface area contributed by atoms with E-state index in [1.54, 1.807) is 12.1 Å².